The van der Waals surface area contributed by atoms with Gasteiger partial charge in [0.15, 0.2) is 4.34 Å². The quantitative estimate of drug-likeness (QED) is 0.631. The molecule has 0 radical (unpaired) electrons. The number of terminal acetylenes is 1. The monoisotopic (exact) mass is 322 g/mol. The van der Waals surface area contributed by atoms with Crippen LogP contribution in [0.2, 0.25) is 0 Å². The maximum Gasteiger partial charge on any atom is 0.231 e. The summed E-state index contributed by atoms with van der Waals surface area (Å²) < 4.78 is 14.1. The molecule has 2 rings (SSSR count). The van der Waals surface area contributed by atoms with Gasteiger partial charge in [0.25, 0.3) is 0 Å². The summed E-state index contributed by atoms with van der Waals surface area (Å²) in [5.41, 5.74) is 0.331. The molecule has 2 N–H and O–H groups in total. The van der Waals surface area contributed by atoms with Crippen molar-refractivity contribution in [3.8, 4) is 12.3 Å². The smallest absolute Gasteiger partial charge is 0.231 e. The van der Waals surface area contributed by atoms with Crippen LogP contribution in [0.25, 0.3) is 0 Å². The van der Waals surface area contributed by atoms with Gasteiger partial charge in [-0.15, -0.1) is 16.6 Å². The van der Waals surface area contributed by atoms with Crippen molar-refractivity contribution in [2.75, 3.05) is 17.6 Å². The van der Waals surface area contributed by atoms with Gasteiger partial charge in [0, 0.05) is 0 Å². The number of para-hydroxylation sites is 1. The molecule has 5 nitrogen and oxygen atoms in total. The summed E-state index contributed by atoms with van der Waals surface area (Å²) >= 11 is 2.49. The van der Waals surface area contributed by atoms with Crippen LogP contribution >= 0.6 is 23.1 Å². The van der Waals surface area contributed by atoms with Gasteiger partial charge in [-0.2, -0.15) is 0 Å². The number of aromatic nitrogens is 2. The summed E-state index contributed by atoms with van der Waals surface area (Å²) in [6.07, 6.45) is 5.04. The summed E-state index contributed by atoms with van der Waals surface area (Å²) in [4.78, 5) is 11.4. The number of halogens is 1. The van der Waals surface area contributed by atoms with Crippen LogP contribution in [0, 0.1) is 18.2 Å². The van der Waals surface area contributed by atoms with E-state index in [9.17, 15) is 9.18 Å². The number of nitrogens with zero attached hydrogens (tertiary/aromatic N) is 2. The fourth-order valence-corrected chi connectivity index (χ4v) is 2.92. The highest BCUT2D eigenvalue weighted by Gasteiger charge is 2.09. The molecule has 0 aliphatic heterocycles. The summed E-state index contributed by atoms with van der Waals surface area (Å²) in [7, 11) is 0. The van der Waals surface area contributed by atoms with Gasteiger partial charge in [0.1, 0.15) is 5.82 Å². The Morgan fingerprint density at radius 1 is 1.43 bits per heavy atom. The number of hydrogen-bond acceptors (Lipinski definition) is 6. The highest BCUT2D eigenvalue weighted by molar-refractivity contribution is 8.01. The topological polar surface area (TPSA) is 66.9 Å². The average Bonchev–Trinajstić information content (AvgIpc) is 2.93. The van der Waals surface area contributed by atoms with Crippen molar-refractivity contribution in [1.29, 1.82) is 0 Å². The third-order valence-corrected chi connectivity index (χ3v) is 4.21. The van der Waals surface area contributed by atoms with Gasteiger partial charge in [0.05, 0.1) is 18.0 Å². The van der Waals surface area contributed by atoms with E-state index in [4.69, 9.17) is 6.42 Å². The van der Waals surface area contributed by atoms with Crippen LogP contribution in [0.1, 0.15) is 0 Å². The molecule has 108 valence electrons. The van der Waals surface area contributed by atoms with E-state index in [-0.39, 0.29) is 24.0 Å². The fraction of sp³-hybridized carbons (Fsp3) is 0.154. The normalized spacial score (nSPS) is 9.90. The third-order valence-electron chi connectivity index (χ3n) is 2.24. The predicted octanol–water partition coefficient (Wildman–Crippen LogP) is 2.26. The van der Waals surface area contributed by atoms with E-state index in [1.807, 2.05) is 0 Å². The lowest BCUT2D eigenvalue weighted by Gasteiger charge is -2.01. The van der Waals surface area contributed by atoms with E-state index in [0.717, 1.165) is 0 Å². The second-order valence-corrected chi connectivity index (χ2v) is 5.95. The Morgan fingerprint density at radius 3 is 3.00 bits per heavy atom. The summed E-state index contributed by atoms with van der Waals surface area (Å²) in [6, 6.07) is 6.29. The molecule has 0 fully saturated rings. The Hall–Kier alpha value is -2.11. The van der Waals surface area contributed by atoms with Crippen LogP contribution in [-0.2, 0) is 4.79 Å². The number of nitrogens with one attached hydrogen (secondary N) is 2. The van der Waals surface area contributed by atoms with Crippen LogP contribution in [0.4, 0.5) is 15.2 Å². The lowest BCUT2D eigenvalue weighted by Crippen LogP contribution is -2.25. The number of thioether (sulfide) groups is 1. The first-order valence-corrected chi connectivity index (χ1v) is 7.67. The van der Waals surface area contributed by atoms with E-state index in [1.165, 1.54) is 29.2 Å². The van der Waals surface area contributed by atoms with E-state index in [1.54, 1.807) is 18.2 Å². The standard InChI is InChI=1S/C13H11FN4OS2/c1-2-7-15-11(19)8-20-13-18-17-12(21-13)16-10-6-4-3-5-9(10)14/h1,3-6H,7-8H2,(H,15,19)(H,16,17). The largest absolute Gasteiger partial charge is 0.344 e. The highest BCUT2D eigenvalue weighted by atomic mass is 32.2. The molecule has 0 saturated carbocycles. The van der Waals surface area contributed by atoms with Crippen molar-refractivity contribution in [2.24, 2.45) is 0 Å². The van der Waals surface area contributed by atoms with E-state index in [0.29, 0.717) is 15.2 Å². The zero-order chi connectivity index (χ0) is 15.1. The minimum absolute atomic E-state index is 0.170. The number of carbonyl (C=O) groups is 1. The molecule has 0 bridgehead atoms. The summed E-state index contributed by atoms with van der Waals surface area (Å²) in [6.45, 7) is 0.204. The minimum atomic E-state index is -0.365. The van der Waals surface area contributed by atoms with Crippen molar-refractivity contribution in [2.45, 2.75) is 4.34 Å². The zero-order valence-electron chi connectivity index (χ0n) is 10.8. The molecule has 0 unspecified atom stereocenters. The Balaban J connectivity index is 1.89. The fourth-order valence-electron chi connectivity index (χ4n) is 1.32. The van der Waals surface area contributed by atoms with Crippen molar-refractivity contribution in [3.63, 3.8) is 0 Å². The van der Waals surface area contributed by atoms with Crippen molar-refractivity contribution >= 4 is 39.8 Å². The number of benzene rings is 1. The van der Waals surface area contributed by atoms with Gasteiger partial charge < -0.3 is 10.6 Å². The Labute approximate surface area is 129 Å². The van der Waals surface area contributed by atoms with E-state index in [2.05, 4.69) is 26.8 Å². The second-order valence-electron chi connectivity index (χ2n) is 3.75. The first-order valence-electron chi connectivity index (χ1n) is 5.87. The molecular weight excluding hydrogens is 311 g/mol. The number of rotatable bonds is 6. The van der Waals surface area contributed by atoms with Gasteiger partial charge in [-0.1, -0.05) is 41.2 Å². The van der Waals surface area contributed by atoms with Crippen LogP contribution in [0.3, 0.4) is 0 Å². The number of carbonyl (C=O) groups excluding carboxylic acids is 1. The minimum Gasteiger partial charge on any atom is -0.344 e. The molecule has 2 aromatic rings. The molecule has 1 amide bonds. The molecule has 0 spiro atoms. The molecule has 1 heterocycles. The third kappa shape index (κ3) is 4.73. The molecule has 0 atom stereocenters. The summed E-state index contributed by atoms with van der Waals surface area (Å²) in [5.74, 6) is 1.99. The van der Waals surface area contributed by atoms with Crippen molar-refractivity contribution in [1.82, 2.24) is 15.5 Å². The zero-order valence-corrected chi connectivity index (χ0v) is 12.4. The van der Waals surface area contributed by atoms with Crippen LogP contribution in [0.15, 0.2) is 28.6 Å². The van der Waals surface area contributed by atoms with Gasteiger partial charge in [-0.25, -0.2) is 4.39 Å². The molecule has 1 aromatic heterocycles. The molecule has 0 saturated heterocycles. The van der Waals surface area contributed by atoms with Gasteiger partial charge in [0.2, 0.25) is 11.0 Å². The first kappa shape index (κ1) is 15.3. The molecular formula is C13H11FN4OS2. The van der Waals surface area contributed by atoms with Crippen LogP contribution in [0.5, 0.6) is 0 Å². The highest BCUT2D eigenvalue weighted by Crippen LogP contribution is 2.28. The SMILES string of the molecule is C#CCNC(=O)CSc1nnc(Nc2ccccc2F)s1. The number of hydrogen-bond donors (Lipinski definition) is 2. The molecule has 0 aliphatic carbocycles. The molecule has 8 heteroatoms. The molecule has 21 heavy (non-hydrogen) atoms. The van der Waals surface area contributed by atoms with Crippen LogP contribution in [-0.4, -0.2) is 28.4 Å². The van der Waals surface area contributed by atoms with E-state index < -0.39 is 0 Å². The maximum atomic E-state index is 13.5. The summed E-state index contributed by atoms with van der Waals surface area (Å²) in [5, 5.41) is 13.7. The number of anilines is 2. The van der Waals surface area contributed by atoms with Crippen LogP contribution < -0.4 is 10.6 Å². The Bertz CT molecular complexity index is 668. The second kappa shape index (κ2) is 7.61. The first-order chi connectivity index (χ1) is 10.2. The van der Waals surface area contributed by atoms with E-state index >= 15 is 0 Å². The van der Waals surface area contributed by atoms with Gasteiger partial charge >= 0.3 is 0 Å². The average molecular weight is 322 g/mol. The maximum absolute atomic E-state index is 13.5. The lowest BCUT2D eigenvalue weighted by atomic mass is 10.3. The Kier molecular flexibility index (Phi) is 5.54. The number of amides is 1. The van der Waals surface area contributed by atoms with Crippen molar-refractivity contribution in [3.05, 3.63) is 30.1 Å². The lowest BCUT2D eigenvalue weighted by molar-refractivity contribution is -0.118. The molecule has 1 aromatic carbocycles. The van der Waals surface area contributed by atoms with Gasteiger partial charge in [-0.05, 0) is 12.1 Å². The Morgan fingerprint density at radius 2 is 2.24 bits per heavy atom. The van der Waals surface area contributed by atoms with Gasteiger partial charge in [-0.3, -0.25) is 4.79 Å². The molecule has 0 aliphatic rings. The predicted molar refractivity (Wildman–Crippen MR) is 82.2 cm³/mol. The van der Waals surface area contributed by atoms with Crippen molar-refractivity contribution < 1.29 is 9.18 Å².